The SMILES string of the molecule is O=S1(=O)C(c2ccccc2)=CCC1c1ccccc1. The molecular weight excluding hydrogens is 256 g/mol. The van der Waals surface area contributed by atoms with E-state index in [2.05, 4.69) is 0 Å². The molecule has 0 spiro atoms. The van der Waals surface area contributed by atoms with E-state index in [-0.39, 0.29) is 0 Å². The van der Waals surface area contributed by atoms with Crippen molar-refractivity contribution >= 4 is 14.7 Å². The van der Waals surface area contributed by atoms with Gasteiger partial charge in [0.25, 0.3) is 0 Å². The molecular formula is C16H14O2S. The van der Waals surface area contributed by atoms with E-state index in [1.165, 1.54) is 0 Å². The summed E-state index contributed by atoms with van der Waals surface area (Å²) in [4.78, 5) is 0.460. The van der Waals surface area contributed by atoms with E-state index >= 15 is 0 Å². The highest BCUT2D eigenvalue weighted by molar-refractivity contribution is 8.01. The molecule has 1 unspecified atom stereocenters. The van der Waals surface area contributed by atoms with Crippen molar-refractivity contribution in [1.82, 2.24) is 0 Å². The number of hydrogen-bond acceptors (Lipinski definition) is 2. The molecule has 0 bridgehead atoms. The lowest BCUT2D eigenvalue weighted by atomic mass is 10.1. The van der Waals surface area contributed by atoms with Gasteiger partial charge in [-0.3, -0.25) is 0 Å². The Bertz CT molecular complexity index is 701. The van der Waals surface area contributed by atoms with Crippen molar-refractivity contribution in [1.29, 1.82) is 0 Å². The molecule has 3 heteroatoms. The van der Waals surface area contributed by atoms with Gasteiger partial charge in [-0.05, 0) is 17.5 Å². The Kier molecular flexibility index (Phi) is 2.99. The molecule has 1 heterocycles. The summed E-state index contributed by atoms with van der Waals surface area (Å²) in [7, 11) is -3.27. The molecule has 0 N–H and O–H groups in total. The molecule has 0 aliphatic carbocycles. The summed E-state index contributed by atoms with van der Waals surface area (Å²) in [6.45, 7) is 0. The van der Waals surface area contributed by atoms with Gasteiger partial charge in [0.15, 0.2) is 9.84 Å². The minimum absolute atomic E-state index is 0.441. The highest BCUT2D eigenvalue weighted by Gasteiger charge is 2.35. The molecule has 3 rings (SSSR count). The molecule has 2 aromatic carbocycles. The summed E-state index contributed by atoms with van der Waals surface area (Å²) in [5.41, 5.74) is 1.64. The molecule has 0 fully saturated rings. The van der Waals surface area contributed by atoms with Crippen LogP contribution in [0.1, 0.15) is 22.8 Å². The minimum atomic E-state index is -3.27. The average Bonchev–Trinajstić information content (AvgIpc) is 2.76. The predicted octanol–water partition coefficient (Wildman–Crippen LogP) is 3.59. The van der Waals surface area contributed by atoms with Crippen LogP contribution in [0.25, 0.3) is 4.91 Å². The van der Waals surface area contributed by atoms with Crippen molar-refractivity contribution in [2.24, 2.45) is 0 Å². The van der Waals surface area contributed by atoms with Crippen molar-refractivity contribution in [2.45, 2.75) is 11.7 Å². The highest BCUT2D eigenvalue weighted by atomic mass is 32.2. The van der Waals surface area contributed by atoms with Gasteiger partial charge in [-0.2, -0.15) is 0 Å². The maximum Gasteiger partial charge on any atom is 0.185 e. The van der Waals surface area contributed by atoms with Crippen LogP contribution in [0.15, 0.2) is 66.7 Å². The van der Waals surface area contributed by atoms with Crippen LogP contribution in [0.2, 0.25) is 0 Å². The number of allylic oxidation sites excluding steroid dienone is 1. The molecule has 19 heavy (non-hydrogen) atoms. The van der Waals surface area contributed by atoms with Crippen LogP contribution in [0.4, 0.5) is 0 Å². The molecule has 0 radical (unpaired) electrons. The maximum atomic E-state index is 12.6. The average molecular weight is 270 g/mol. The van der Waals surface area contributed by atoms with Crippen LogP contribution in [0.5, 0.6) is 0 Å². The predicted molar refractivity (Wildman–Crippen MR) is 77.1 cm³/mol. The summed E-state index contributed by atoms with van der Waals surface area (Å²) >= 11 is 0. The molecule has 2 nitrogen and oxygen atoms in total. The highest BCUT2D eigenvalue weighted by Crippen LogP contribution is 2.41. The van der Waals surface area contributed by atoms with Crippen LogP contribution in [-0.2, 0) is 9.84 Å². The lowest BCUT2D eigenvalue weighted by Crippen LogP contribution is -2.08. The Morgan fingerprint density at radius 3 is 2.05 bits per heavy atom. The quantitative estimate of drug-likeness (QED) is 0.835. The molecule has 2 aromatic rings. The molecule has 1 aliphatic heterocycles. The fourth-order valence-electron chi connectivity index (χ4n) is 2.48. The van der Waals surface area contributed by atoms with Crippen LogP contribution >= 0.6 is 0 Å². The van der Waals surface area contributed by atoms with Crippen LogP contribution in [0.3, 0.4) is 0 Å². The van der Waals surface area contributed by atoms with E-state index in [0.717, 1.165) is 11.1 Å². The first-order valence-electron chi connectivity index (χ1n) is 6.24. The summed E-state index contributed by atoms with van der Waals surface area (Å²) in [6, 6.07) is 18.7. The Labute approximate surface area is 113 Å². The van der Waals surface area contributed by atoms with Crippen molar-refractivity contribution in [3.05, 3.63) is 77.9 Å². The summed E-state index contributed by atoms with van der Waals surface area (Å²) in [5.74, 6) is 0. The summed E-state index contributed by atoms with van der Waals surface area (Å²) < 4.78 is 25.3. The minimum Gasteiger partial charge on any atom is -0.223 e. The van der Waals surface area contributed by atoms with Crippen molar-refractivity contribution in [3.63, 3.8) is 0 Å². The molecule has 0 saturated heterocycles. The van der Waals surface area contributed by atoms with Gasteiger partial charge >= 0.3 is 0 Å². The first-order chi connectivity index (χ1) is 9.19. The van der Waals surface area contributed by atoms with E-state index in [0.29, 0.717) is 11.3 Å². The lowest BCUT2D eigenvalue weighted by Gasteiger charge is -2.12. The van der Waals surface area contributed by atoms with E-state index in [4.69, 9.17) is 0 Å². The second kappa shape index (κ2) is 4.67. The van der Waals surface area contributed by atoms with Gasteiger partial charge in [0.2, 0.25) is 0 Å². The zero-order valence-electron chi connectivity index (χ0n) is 10.4. The second-order valence-electron chi connectivity index (χ2n) is 4.61. The Balaban J connectivity index is 2.01. The van der Waals surface area contributed by atoms with E-state index in [1.54, 1.807) is 0 Å². The number of rotatable bonds is 2. The third kappa shape index (κ3) is 2.10. The van der Waals surface area contributed by atoms with Crippen LogP contribution in [0, 0.1) is 0 Å². The maximum absolute atomic E-state index is 12.6. The lowest BCUT2D eigenvalue weighted by molar-refractivity contribution is 0.596. The van der Waals surface area contributed by atoms with Gasteiger partial charge in [0, 0.05) is 0 Å². The summed E-state index contributed by atoms with van der Waals surface area (Å²) in [6.07, 6.45) is 2.39. The fraction of sp³-hybridized carbons (Fsp3) is 0.125. The van der Waals surface area contributed by atoms with Gasteiger partial charge in [-0.15, -0.1) is 0 Å². The Morgan fingerprint density at radius 1 is 0.842 bits per heavy atom. The first kappa shape index (κ1) is 12.2. The fourth-order valence-corrected chi connectivity index (χ4v) is 4.44. The number of sulfone groups is 1. The topological polar surface area (TPSA) is 34.1 Å². The van der Waals surface area contributed by atoms with Crippen molar-refractivity contribution in [3.8, 4) is 0 Å². The molecule has 1 atom stereocenters. The normalized spacial score (nSPS) is 21.1. The van der Waals surface area contributed by atoms with Gasteiger partial charge in [0.1, 0.15) is 0 Å². The molecule has 0 aromatic heterocycles. The Hall–Kier alpha value is -1.87. The van der Waals surface area contributed by atoms with Gasteiger partial charge < -0.3 is 0 Å². The zero-order valence-corrected chi connectivity index (χ0v) is 11.2. The van der Waals surface area contributed by atoms with Crippen LogP contribution < -0.4 is 0 Å². The number of hydrogen-bond donors (Lipinski definition) is 0. The van der Waals surface area contributed by atoms with E-state index < -0.39 is 15.1 Å². The molecule has 0 amide bonds. The Morgan fingerprint density at radius 2 is 1.42 bits per heavy atom. The van der Waals surface area contributed by atoms with E-state index in [9.17, 15) is 8.42 Å². The van der Waals surface area contributed by atoms with Crippen LogP contribution in [-0.4, -0.2) is 8.42 Å². The van der Waals surface area contributed by atoms with Crippen molar-refractivity contribution in [2.75, 3.05) is 0 Å². The van der Waals surface area contributed by atoms with Gasteiger partial charge in [0.05, 0.1) is 10.2 Å². The third-order valence-electron chi connectivity index (χ3n) is 3.43. The molecule has 1 aliphatic rings. The second-order valence-corrected chi connectivity index (χ2v) is 6.71. The molecule has 0 saturated carbocycles. The van der Waals surface area contributed by atoms with Crippen molar-refractivity contribution < 1.29 is 8.42 Å². The third-order valence-corrected chi connectivity index (χ3v) is 5.66. The zero-order chi connectivity index (χ0) is 13.3. The smallest absolute Gasteiger partial charge is 0.185 e. The largest absolute Gasteiger partial charge is 0.223 e. The first-order valence-corrected chi connectivity index (χ1v) is 7.78. The number of benzene rings is 2. The molecule has 96 valence electrons. The standard InChI is InChI=1S/C16H14O2S/c17-19(18)15(13-7-3-1-4-8-13)11-12-16(19)14-9-5-2-6-10-14/h1-11,16H,12H2. The monoisotopic (exact) mass is 270 g/mol. The van der Waals surface area contributed by atoms with Gasteiger partial charge in [-0.25, -0.2) is 8.42 Å². The van der Waals surface area contributed by atoms with E-state index in [1.807, 2.05) is 66.7 Å². The summed E-state index contributed by atoms with van der Waals surface area (Å²) in [5, 5.41) is -0.441. The van der Waals surface area contributed by atoms with Gasteiger partial charge in [-0.1, -0.05) is 66.7 Å².